The second kappa shape index (κ2) is 6.02. The summed E-state index contributed by atoms with van der Waals surface area (Å²) in [6, 6.07) is 10.2. The minimum Gasteiger partial charge on any atom is -0.207 e. The Morgan fingerprint density at radius 3 is 2.37 bits per heavy atom. The molecule has 0 aliphatic heterocycles. The van der Waals surface area contributed by atoms with Crippen LogP contribution in [-0.4, -0.2) is 0 Å². The topological polar surface area (TPSA) is 0 Å². The predicted molar refractivity (Wildman–Crippen MR) is 77.5 cm³/mol. The van der Waals surface area contributed by atoms with E-state index in [4.69, 9.17) is 11.6 Å². The van der Waals surface area contributed by atoms with Gasteiger partial charge in [-0.1, -0.05) is 34.1 Å². The number of hydrogen-bond acceptors (Lipinski definition) is 0. The van der Waals surface area contributed by atoms with Gasteiger partial charge in [-0.25, -0.2) is 8.78 Å². The van der Waals surface area contributed by atoms with Crippen LogP contribution in [-0.2, 0) is 6.42 Å². The van der Waals surface area contributed by atoms with E-state index in [1.54, 1.807) is 6.92 Å². The average molecular weight is 346 g/mol. The second-order valence-electron chi connectivity index (χ2n) is 4.39. The molecule has 0 aliphatic carbocycles. The van der Waals surface area contributed by atoms with E-state index in [2.05, 4.69) is 15.9 Å². The third-order valence-corrected chi connectivity index (χ3v) is 3.86. The Hall–Kier alpha value is -0.930. The van der Waals surface area contributed by atoms with Gasteiger partial charge >= 0.3 is 0 Å². The Balaban J connectivity index is 2.27. The molecule has 0 saturated carbocycles. The van der Waals surface area contributed by atoms with Crippen LogP contribution in [0.3, 0.4) is 0 Å². The summed E-state index contributed by atoms with van der Waals surface area (Å²) in [5.74, 6) is -1.16. The van der Waals surface area contributed by atoms with E-state index in [-0.39, 0.29) is 5.56 Å². The van der Waals surface area contributed by atoms with Crippen molar-refractivity contribution in [2.75, 3.05) is 0 Å². The van der Waals surface area contributed by atoms with E-state index < -0.39 is 17.0 Å². The molecule has 100 valence electrons. The smallest absolute Gasteiger partial charge is 0.133 e. The maximum atomic E-state index is 13.9. The molecular weight excluding hydrogens is 334 g/mol. The first-order valence-electron chi connectivity index (χ1n) is 5.82. The fourth-order valence-corrected chi connectivity index (χ4v) is 2.54. The highest BCUT2D eigenvalue weighted by Crippen LogP contribution is 2.31. The summed E-state index contributed by atoms with van der Waals surface area (Å²) in [7, 11) is 0. The number of aryl methyl sites for hydroxylation is 1. The Morgan fingerprint density at radius 1 is 1.11 bits per heavy atom. The summed E-state index contributed by atoms with van der Waals surface area (Å²) in [5.41, 5.74) is 1.28. The third-order valence-electron chi connectivity index (χ3n) is 2.96. The molecule has 2 rings (SSSR count). The van der Waals surface area contributed by atoms with Crippen LogP contribution in [0.1, 0.15) is 22.1 Å². The van der Waals surface area contributed by atoms with E-state index >= 15 is 0 Å². The zero-order chi connectivity index (χ0) is 14.0. The van der Waals surface area contributed by atoms with Gasteiger partial charge in [0.15, 0.2) is 0 Å². The molecule has 0 saturated heterocycles. The molecular formula is C15H12BrClF2. The fraction of sp³-hybridized carbons (Fsp3) is 0.200. The molecule has 2 aromatic carbocycles. The summed E-state index contributed by atoms with van der Waals surface area (Å²) in [5, 5.41) is -0.721. The van der Waals surface area contributed by atoms with Crippen LogP contribution in [0.2, 0.25) is 0 Å². The molecule has 0 fully saturated rings. The van der Waals surface area contributed by atoms with Gasteiger partial charge in [0.25, 0.3) is 0 Å². The monoisotopic (exact) mass is 344 g/mol. The molecule has 0 nitrogen and oxygen atoms in total. The van der Waals surface area contributed by atoms with E-state index in [0.717, 1.165) is 10.0 Å². The van der Waals surface area contributed by atoms with Crippen molar-refractivity contribution >= 4 is 27.5 Å². The van der Waals surface area contributed by atoms with Gasteiger partial charge in [-0.2, -0.15) is 0 Å². The maximum absolute atomic E-state index is 13.9. The van der Waals surface area contributed by atoms with Crippen LogP contribution in [0.25, 0.3) is 0 Å². The summed E-state index contributed by atoms with van der Waals surface area (Å²) < 4.78 is 28.6. The van der Waals surface area contributed by atoms with E-state index in [1.165, 1.54) is 12.1 Å². The van der Waals surface area contributed by atoms with E-state index in [1.807, 2.05) is 24.3 Å². The lowest BCUT2D eigenvalue weighted by atomic mass is 10.0. The van der Waals surface area contributed by atoms with Crippen LogP contribution in [0.5, 0.6) is 0 Å². The zero-order valence-corrected chi connectivity index (χ0v) is 12.6. The summed E-state index contributed by atoms with van der Waals surface area (Å²) in [4.78, 5) is 0. The lowest BCUT2D eigenvalue weighted by molar-refractivity contribution is 0.545. The molecule has 0 radical (unpaired) electrons. The van der Waals surface area contributed by atoms with Crippen molar-refractivity contribution in [2.24, 2.45) is 0 Å². The van der Waals surface area contributed by atoms with Crippen LogP contribution in [0, 0.1) is 18.6 Å². The minimum absolute atomic E-state index is 0.0513. The van der Waals surface area contributed by atoms with E-state index in [0.29, 0.717) is 12.0 Å². The van der Waals surface area contributed by atoms with Gasteiger partial charge in [0.2, 0.25) is 0 Å². The van der Waals surface area contributed by atoms with Crippen LogP contribution in [0.4, 0.5) is 8.78 Å². The summed E-state index contributed by atoms with van der Waals surface area (Å²) in [6.07, 6.45) is 0.381. The molecule has 1 unspecified atom stereocenters. The second-order valence-corrected chi connectivity index (χ2v) is 5.83. The van der Waals surface area contributed by atoms with Crippen molar-refractivity contribution in [3.63, 3.8) is 0 Å². The Bertz CT molecular complexity index is 581. The van der Waals surface area contributed by atoms with Gasteiger partial charge in [0.05, 0.1) is 5.38 Å². The molecule has 2 aromatic rings. The average Bonchev–Trinajstić information content (AvgIpc) is 2.37. The molecule has 0 aliphatic rings. The van der Waals surface area contributed by atoms with Crippen LogP contribution in [0.15, 0.2) is 40.9 Å². The molecule has 0 N–H and O–H groups in total. The van der Waals surface area contributed by atoms with Crippen LogP contribution < -0.4 is 0 Å². The standard InChI is InChI=1S/C15H12BrClF2/c1-9-2-7-13(18)14(15(9)19)12(17)8-10-3-5-11(16)6-4-10/h2-7,12H,8H2,1H3. The number of rotatable bonds is 3. The SMILES string of the molecule is Cc1ccc(F)c(C(Cl)Cc2ccc(Br)cc2)c1F. The molecule has 19 heavy (non-hydrogen) atoms. The van der Waals surface area contributed by atoms with Crippen molar-refractivity contribution < 1.29 is 8.78 Å². The van der Waals surface area contributed by atoms with Crippen molar-refractivity contribution in [1.82, 2.24) is 0 Å². The lowest BCUT2D eigenvalue weighted by Gasteiger charge is -2.13. The number of alkyl halides is 1. The van der Waals surface area contributed by atoms with Gasteiger partial charge < -0.3 is 0 Å². The van der Waals surface area contributed by atoms with Gasteiger partial charge in [-0.05, 0) is 42.7 Å². The molecule has 0 bridgehead atoms. The third kappa shape index (κ3) is 3.34. The number of halogens is 4. The molecule has 4 heteroatoms. The first-order valence-corrected chi connectivity index (χ1v) is 7.05. The Kier molecular flexibility index (Phi) is 4.58. The highest BCUT2D eigenvalue weighted by Gasteiger charge is 2.20. The lowest BCUT2D eigenvalue weighted by Crippen LogP contribution is -2.04. The Morgan fingerprint density at radius 2 is 1.74 bits per heavy atom. The van der Waals surface area contributed by atoms with Gasteiger partial charge in [-0.15, -0.1) is 11.6 Å². The number of benzene rings is 2. The highest BCUT2D eigenvalue weighted by atomic mass is 79.9. The maximum Gasteiger partial charge on any atom is 0.133 e. The largest absolute Gasteiger partial charge is 0.207 e. The Labute approximate surface area is 124 Å². The zero-order valence-electron chi connectivity index (χ0n) is 10.3. The fourth-order valence-electron chi connectivity index (χ4n) is 1.89. The van der Waals surface area contributed by atoms with Crippen molar-refractivity contribution in [2.45, 2.75) is 18.7 Å². The number of hydrogen-bond donors (Lipinski definition) is 0. The highest BCUT2D eigenvalue weighted by molar-refractivity contribution is 9.10. The van der Waals surface area contributed by atoms with Crippen molar-refractivity contribution in [3.05, 3.63) is 69.2 Å². The van der Waals surface area contributed by atoms with Gasteiger partial charge in [0.1, 0.15) is 11.6 Å². The van der Waals surface area contributed by atoms with E-state index in [9.17, 15) is 8.78 Å². The molecule has 0 heterocycles. The first-order chi connectivity index (χ1) is 8.99. The summed E-state index contributed by atoms with van der Waals surface area (Å²) >= 11 is 9.51. The molecule has 0 amide bonds. The normalized spacial score (nSPS) is 12.5. The molecule has 1 atom stereocenters. The van der Waals surface area contributed by atoms with Gasteiger partial charge in [0, 0.05) is 10.0 Å². The molecule has 0 aromatic heterocycles. The predicted octanol–water partition coefficient (Wildman–Crippen LogP) is 5.56. The quantitative estimate of drug-likeness (QED) is 0.639. The first kappa shape index (κ1) is 14.5. The van der Waals surface area contributed by atoms with Crippen molar-refractivity contribution in [3.8, 4) is 0 Å². The van der Waals surface area contributed by atoms with Crippen molar-refractivity contribution in [1.29, 1.82) is 0 Å². The van der Waals surface area contributed by atoms with Gasteiger partial charge in [-0.3, -0.25) is 0 Å². The van der Waals surface area contributed by atoms with Crippen LogP contribution >= 0.6 is 27.5 Å². The molecule has 0 spiro atoms. The summed E-state index contributed by atoms with van der Waals surface area (Å²) in [6.45, 7) is 1.60. The minimum atomic E-state index is -0.721.